The number of hydrogen-bond acceptors (Lipinski definition) is 6. The first-order chi connectivity index (χ1) is 12.8. The van der Waals surface area contributed by atoms with E-state index in [1.807, 2.05) is 48.7 Å². The van der Waals surface area contributed by atoms with Crippen molar-refractivity contribution in [1.29, 1.82) is 0 Å². The normalized spacial score (nSPS) is 18.0. The summed E-state index contributed by atoms with van der Waals surface area (Å²) in [6.07, 6.45) is 5.93. The Labute approximate surface area is 158 Å². The summed E-state index contributed by atoms with van der Waals surface area (Å²) >= 11 is 1.69. The maximum absolute atomic E-state index is 4.50. The van der Waals surface area contributed by atoms with Gasteiger partial charge in [-0.1, -0.05) is 36.8 Å². The van der Waals surface area contributed by atoms with E-state index in [-0.39, 0.29) is 0 Å². The van der Waals surface area contributed by atoms with Crippen molar-refractivity contribution in [3.05, 3.63) is 53.5 Å². The molecule has 2 aromatic heterocycles. The molecule has 6 heteroatoms. The Morgan fingerprint density at radius 3 is 2.77 bits per heavy atom. The minimum atomic E-state index is 0.665. The van der Waals surface area contributed by atoms with Crippen LogP contribution in [0.1, 0.15) is 31.1 Å². The maximum atomic E-state index is 4.50. The number of anilines is 2. The third kappa shape index (κ3) is 4.08. The van der Waals surface area contributed by atoms with E-state index in [1.165, 1.54) is 30.7 Å². The predicted molar refractivity (Wildman–Crippen MR) is 107 cm³/mol. The lowest BCUT2D eigenvalue weighted by Gasteiger charge is -2.32. The number of piperidine rings is 1. The molecule has 3 aromatic rings. The number of aromatic nitrogens is 3. The molecular weight excluding hydrogens is 342 g/mol. The van der Waals surface area contributed by atoms with Crippen LogP contribution in [0.25, 0.3) is 11.3 Å². The van der Waals surface area contributed by atoms with Crippen LogP contribution < -0.4 is 5.32 Å². The van der Waals surface area contributed by atoms with Crippen molar-refractivity contribution in [2.75, 3.05) is 11.9 Å². The molecule has 0 spiro atoms. The average Bonchev–Trinajstić information content (AvgIpc) is 3.12. The zero-order valence-corrected chi connectivity index (χ0v) is 15.7. The summed E-state index contributed by atoms with van der Waals surface area (Å²) in [5, 5.41) is 12.7. The standard InChI is InChI=1S/C20H23N5S/c1-15-7-5-6-12-25(15)14-17-13-21-20(26-17)22-19-11-10-18(23-24-19)16-8-3-2-4-9-16/h2-4,8-11,13,15H,5-7,12,14H2,1H3,(H,21,22,24). The summed E-state index contributed by atoms with van der Waals surface area (Å²) in [5.41, 5.74) is 1.94. The van der Waals surface area contributed by atoms with E-state index in [1.54, 1.807) is 11.3 Å². The zero-order chi connectivity index (χ0) is 17.8. The Morgan fingerprint density at radius 1 is 1.12 bits per heavy atom. The monoisotopic (exact) mass is 365 g/mol. The largest absolute Gasteiger partial charge is 0.315 e. The fourth-order valence-corrected chi connectivity index (χ4v) is 4.15. The van der Waals surface area contributed by atoms with Gasteiger partial charge >= 0.3 is 0 Å². The SMILES string of the molecule is CC1CCCCN1Cc1cnc(Nc2ccc(-c3ccccc3)nn2)s1. The molecule has 1 aromatic carbocycles. The Hall–Kier alpha value is -2.31. The lowest BCUT2D eigenvalue weighted by molar-refractivity contribution is 0.154. The van der Waals surface area contributed by atoms with E-state index in [0.29, 0.717) is 6.04 Å². The molecule has 0 aliphatic carbocycles. The summed E-state index contributed by atoms with van der Waals surface area (Å²) in [6, 6.07) is 14.7. The molecular formula is C20H23N5S. The third-order valence-corrected chi connectivity index (χ3v) is 5.72. The van der Waals surface area contributed by atoms with E-state index >= 15 is 0 Å². The van der Waals surface area contributed by atoms with Gasteiger partial charge in [0.05, 0.1) is 5.69 Å². The van der Waals surface area contributed by atoms with Crippen molar-refractivity contribution < 1.29 is 0 Å². The Morgan fingerprint density at radius 2 is 2.00 bits per heavy atom. The molecule has 1 saturated heterocycles. The Balaban J connectivity index is 1.39. The molecule has 0 saturated carbocycles. The number of nitrogens with one attached hydrogen (secondary N) is 1. The lowest BCUT2D eigenvalue weighted by Crippen LogP contribution is -2.36. The molecule has 5 nitrogen and oxygen atoms in total. The molecule has 0 bridgehead atoms. The van der Waals surface area contributed by atoms with E-state index in [9.17, 15) is 0 Å². The summed E-state index contributed by atoms with van der Waals surface area (Å²) in [4.78, 5) is 8.33. The first kappa shape index (κ1) is 17.1. The highest BCUT2D eigenvalue weighted by Crippen LogP contribution is 2.26. The van der Waals surface area contributed by atoms with Gasteiger partial charge in [-0.25, -0.2) is 4.98 Å². The third-order valence-electron chi connectivity index (χ3n) is 4.82. The van der Waals surface area contributed by atoms with Crippen LogP contribution >= 0.6 is 11.3 Å². The van der Waals surface area contributed by atoms with Crippen LogP contribution in [0.5, 0.6) is 0 Å². The molecule has 1 atom stereocenters. The van der Waals surface area contributed by atoms with Crippen molar-refractivity contribution in [1.82, 2.24) is 20.1 Å². The van der Waals surface area contributed by atoms with Gasteiger partial charge in [0.1, 0.15) is 0 Å². The van der Waals surface area contributed by atoms with E-state index < -0.39 is 0 Å². The fourth-order valence-electron chi connectivity index (χ4n) is 3.30. The van der Waals surface area contributed by atoms with Crippen LogP contribution in [0.4, 0.5) is 10.9 Å². The van der Waals surface area contributed by atoms with Gasteiger partial charge in [-0.05, 0) is 38.4 Å². The molecule has 0 amide bonds. The van der Waals surface area contributed by atoms with Gasteiger partial charge in [-0.15, -0.1) is 21.5 Å². The molecule has 1 aliphatic rings. The van der Waals surface area contributed by atoms with Crippen molar-refractivity contribution >= 4 is 22.3 Å². The molecule has 4 rings (SSSR count). The molecule has 1 fully saturated rings. The fraction of sp³-hybridized carbons (Fsp3) is 0.350. The molecule has 3 heterocycles. The second kappa shape index (κ2) is 7.93. The van der Waals surface area contributed by atoms with Gasteiger partial charge < -0.3 is 5.32 Å². The van der Waals surface area contributed by atoms with Crippen LogP contribution in [-0.4, -0.2) is 32.7 Å². The van der Waals surface area contributed by atoms with E-state index in [0.717, 1.165) is 28.8 Å². The molecule has 0 radical (unpaired) electrons. The topological polar surface area (TPSA) is 53.9 Å². The summed E-state index contributed by atoms with van der Waals surface area (Å²) in [6.45, 7) is 4.50. The highest BCUT2D eigenvalue weighted by atomic mass is 32.1. The van der Waals surface area contributed by atoms with Gasteiger partial charge in [0.2, 0.25) is 0 Å². The molecule has 1 aliphatic heterocycles. The highest BCUT2D eigenvalue weighted by molar-refractivity contribution is 7.15. The maximum Gasteiger partial charge on any atom is 0.188 e. The van der Waals surface area contributed by atoms with Gasteiger partial charge in [0, 0.05) is 29.2 Å². The zero-order valence-electron chi connectivity index (χ0n) is 14.9. The second-order valence-corrected chi connectivity index (χ2v) is 7.86. The smallest absolute Gasteiger partial charge is 0.188 e. The molecule has 26 heavy (non-hydrogen) atoms. The average molecular weight is 366 g/mol. The van der Waals surface area contributed by atoms with Crippen LogP contribution in [-0.2, 0) is 6.54 Å². The summed E-state index contributed by atoms with van der Waals surface area (Å²) < 4.78 is 0. The highest BCUT2D eigenvalue weighted by Gasteiger charge is 2.19. The minimum Gasteiger partial charge on any atom is -0.315 e. The lowest BCUT2D eigenvalue weighted by atomic mass is 10.0. The first-order valence-electron chi connectivity index (χ1n) is 9.13. The van der Waals surface area contributed by atoms with E-state index in [4.69, 9.17) is 0 Å². The van der Waals surface area contributed by atoms with Crippen molar-refractivity contribution in [3.63, 3.8) is 0 Å². The number of benzene rings is 1. The molecule has 134 valence electrons. The molecule has 1 N–H and O–H groups in total. The van der Waals surface area contributed by atoms with Crippen molar-refractivity contribution in [2.24, 2.45) is 0 Å². The van der Waals surface area contributed by atoms with Crippen LogP contribution in [0, 0.1) is 0 Å². The van der Waals surface area contributed by atoms with Crippen LogP contribution in [0.15, 0.2) is 48.7 Å². The van der Waals surface area contributed by atoms with Crippen LogP contribution in [0.3, 0.4) is 0 Å². The predicted octanol–water partition coefficient (Wildman–Crippen LogP) is 4.72. The quantitative estimate of drug-likeness (QED) is 0.709. The Kier molecular flexibility index (Phi) is 5.22. The second-order valence-electron chi connectivity index (χ2n) is 6.74. The first-order valence-corrected chi connectivity index (χ1v) is 9.94. The Bertz CT molecular complexity index is 831. The van der Waals surface area contributed by atoms with Gasteiger partial charge in [0.15, 0.2) is 10.9 Å². The van der Waals surface area contributed by atoms with Gasteiger partial charge in [-0.2, -0.15) is 0 Å². The van der Waals surface area contributed by atoms with Gasteiger partial charge in [-0.3, -0.25) is 4.90 Å². The summed E-state index contributed by atoms with van der Waals surface area (Å²) in [5.74, 6) is 0.719. The van der Waals surface area contributed by atoms with Gasteiger partial charge in [0.25, 0.3) is 0 Å². The number of thiazole rings is 1. The number of rotatable bonds is 5. The number of hydrogen-bond donors (Lipinski definition) is 1. The van der Waals surface area contributed by atoms with Crippen molar-refractivity contribution in [3.8, 4) is 11.3 Å². The minimum absolute atomic E-state index is 0.665. The summed E-state index contributed by atoms with van der Waals surface area (Å²) in [7, 11) is 0. The van der Waals surface area contributed by atoms with Crippen LogP contribution in [0.2, 0.25) is 0 Å². The van der Waals surface area contributed by atoms with E-state index in [2.05, 4.69) is 32.3 Å². The number of likely N-dealkylation sites (tertiary alicyclic amines) is 1. The molecule has 1 unspecified atom stereocenters. The number of nitrogens with zero attached hydrogens (tertiary/aromatic N) is 4. The van der Waals surface area contributed by atoms with Crippen molar-refractivity contribution in [2.45, 2.75) is 38.8 Å².